The Morgan fingerprint density at radius 1 is 0.760 bits per heavy atom. The molecule has 2 aromatic rings. The predicted molar refractivity (Wildman–Crippen MR) is 87.8 cm³/mol. The third-order valence-electron chi connectivity index (χ3n) is 4.17. The first-order valence-corrected chi connectivity index (χ1v) is 7.47. The summed E-state index contributed by atoms with van der Waals surface area (Å²) in [6, 6.07) is 0. The van der Waals surface area contributed by atoms with Crippen LogP contribution in [0.25, 0.3) is 0 Å². The van der Waals surface area contributed by atoms with Crippen molar-refractivity contribution < 1.29 is 29.4 Å². The Hall–Kier alpha value is -3.16. The van der Waals surface area contributed by atoms with E-state index in [9.17, 15) is 29.4 Å². The number of hydrogen-bond donors (Lipinski definition) is 4. The molecular weight excluding hydrogens is 328 g/mol. The molecule has 0 radical (unpaired) electrons. The van der Waals surface area contributed by atoms with E-state index in [1.54, 1.807) is 6.92 Å². The van der Waals surface area contributed by atoms with Gasteiger partial charge in [-0.1, -0.05) is 0 Å². The number of carboxylic acids is 2. The largest absolute Gasteiger partial charge is 0.477 e. The van der Waals surface area contributed by atoms with E-state index >= 15 is 0 Å². The summed E-state index contributed by atoms with van der Waals surface area (Å²) in [6.45, 7) is 5.74. The van der Waals surface area contributed by atoms with E-state index < -0.39 is 17.7 Å². The van der Waals surface area contributed by atoms with Crippen molar-refractivity contribution in [2.45, 2.75) is 34.1 Å². The summed E-state index contributed by atoms with van der Waals surface area (Å²) in [5, 5.41) is 18.5. The summed E-state index contributed by atoms with van der Waals surface area (Å²) in [7, 11) is 0. The summed E-state index contributed by atoms with van der Waals surface area (Å²) < 4.78 is 0. The Labute approximate surface area is 142 Å². The van der Waals surface area contributed by atoms with Gasteiger partial charge in [-0.05, 0) is 38.8 Å². The maximum atomic E-state index is 11.9. The minimum Gasteiger partial charge on any atom is -0.477 e. The van der Waals surface area contributed by atoms with Crippen LogP contribution in [0.2, 0.25) is 0 Å². The molecule has 0 saturated heterocycles. The molecule has 0 aliphatic heterocycles. The maximum Gasteiger partial charge on any atom is 0.353 e. The van der Waals surface area contributed by atoms with Crippen LogP contribution in [0.1, 0.15) is 78.1 Å². The van der Waals surface area contributed by atoms with E-state index in [0.717, 1.165) is 0 Å². The van der Waals surface area contributed by atoms with Gasteiger partial charge < -0.3 is 20.2 Å². The lowest BCUT2D eigenvalue weighted by atomic mass is 10.0. The van der Waals surface area contributed by atoms with Gasteiger partial charge in [-0.15, -0.1) is 0 Å². The van der Waals surface area contributed by atoms with Crippen molar-refractivity contribution in [1.82, 2.24) is 9.97 Å². The monoisotopic (exact) mass is 346 g/mol. The fourth-order valence-electron chi connectivity index (χ4n) is 3.08. The second-order valence-corrected chi connectivity index (χ2v) is 5.86. The van der Waals surface area contributed by atoms with E-state index in [1.165, 1.54) is 20.8 Å². The molecule has 0 aromatic carbocycles. The van der Waals surface area contributed by atoms with Gasteiger partial charge >= 0.3 is 11.9 Å². The molecule has 132 valence electrons. The molecule has 0 aliphatic carbocycles. The quantitative estimate of drug-likeness (QED) is 0.592. The number of aromatic amines is 2. The zero-order valence-corrected chi connectivity index (χ0v) is 14.2. The number of carboxylic acid groups (broad SMARTS) is 2. The van der Waals surface area contributed by atoms with Crippen LogP contribution in [0.5, 0.6) is 0 Å². The van der Waals surface area contributed by atoms with Gasteiger partial charge in [0.05, 0.1) is 5.56 Å². The Kier molecular flexibility index (Phi) is 4.64. The standard InChI is InChI=1S/C17H18N2O6/c1-6-10(18-15(17(24)25)13(6)9(4)21)5-11-12(8(3)20)7(2)14(19-11)16(22)23/h18-19H,5H2,1-4H3,(H,22,23)(H,24,25). The lowest BCUT2D eigenvalue weighted by Gasteiger charge is -2.03. The number of hydrogen-bond acceptors (Lipinski definition) is 4. The van der Waals surface area contributed by atoms with Gasteiger partial charge in [0.25, 0.3) is 0 Å². The predicted octanol–water partition coefficient (Wildman–Crippen LogP) is 2.35. The van der Waals surface area contributed by atoms with Crippen molar-refractivity contribution in [1.29, 1.82) is 0 Å². The fraction of sp³-hybridized carbons (Fsp3) is 0.294. The van der Waals surface area contributed by atoms with Crippen molar-refractivity contribution in [3.63, 3.8) is 0 Å². The molecule has 0 unspecified atom stereocenters. The number of carbonyl (C=O) groups excluding carboxylic acids is 2. The van der Waals surface area contributed by atoms with E-state index in [1.807, 2.05) is 0 Å². The Bertz CT molecular complexity index is 916. The smallest absolute Gasteiger partial charge is 0.353 e. The summed E-state index contributed by atoms with van der Waals surface area (Å²) in [5.41, 5.74) is 1.61. The van der Waals surface area contributed by atoms with Gasteiger partial charge in [0, 0.05) is 23.4 Å². The molecule has 25 heavy (non-hydrogen) atoms. The van der Waals surface area contributed by atoms with Gasteiger partial charge in [0.2, 0.25) is 0 Å². The van der Waals surface area contributed by atoms with Crippen molar-refractivity contribution >= 4 is 23.5 Å². The van der Waals surface area contributed by atoms with Gasteiger partial charge in [-0.3, -0.25) is 9.59 Å². The SMILES string of the molecule is CC(=O)c1c(Cc2[nH]c(C(=O)O)c(C(C)=O)c2C)[nH]c(C(=O)O)c1C. The second kappa shape index (κ2) is 6.39. The maximum absolute atomic E-state index is 11.9. The van der Waals surface area contributed by atoms with E-state index in [-0.39, 0.29) is 34.7 Å². The van der Waals surface area contributed by atoms with Gasteiger partial charge in [-0.25, -0.2) is 9.59 Å². The van der Waals surface area contributed by atoms with E-state index in [2.05, 4.69) is 9.97 Å². The second-order valence-electron chi connectivity index (χ2n) is 5.86. The fourth-order valence-corrected chi connectivity index (χ4v) is 3.08. The third kappa shape index (κ3) is 3.10. The first-order valence-electron chi connectivity index (χ1n) is 7.47. The van der Waals surface area contributed by atoms with Crippen LogP contribution in [-0.2, 0) is 6.42 Å². The van der Waals surface area contributed by atoms with Gasteiger partial charge in [0.15, 0.2) is 11.6 Å². The van der Waals surface area contributed by atoms with E-state index in [0.29, 0.717) is 22.5 Å². The highest BCUT2D eigenvalue weighted by atomic mass is 16.4. The molecule has 0 amide bonds. The topological polar surface area (TPSA) is 140 Å². The van der Waals surface area contributed by atoms with Crippen molar-refractivity contribution in [2.75, 3.05) is 0 Å². The van der Waals surface area contributed by atoms with Gasteiger partial charge in [0.1, 0.15) is 11.4 Å². The van der Waals surface area contributed by atoms with Crippen LogP contribution in [-0.4, -0.2) is 43.7 Å². The average Bonchev–Trinajstić information content (AvgIpc) is 2.97. The zero-order chi connectivity index (χ0) is 19.0. The van der Waals surface area contributed by atoms with Gasteiger partial charge in [-0.2, -0.15) is 0 Å². The molecule has 0 atom stereocenters. The first kappa shape index (κ1) is 18.2. The minimum atomic E-state index is -1.26. The lowest BCUT2D eigenvalue weighted by molar-refractivity contribution is 0.0678. The molecule has 0 bridgehead atoms. The van der Waals surface area contributed by atoms with Crippen LogP contribution in [0.15, 0.2) is 0 Å². The normalized spacial score (nSPS) is 10.7. The van der Waals surface area contributed by atoms with Crippen molar-refractivity contribution in [2.24, 2.45) is 0 Å². The molecule has 2 heterocycles. The number of aromatic nitrogens is 2. The number of aromatic carboxylic acids is 2. The summed E-state index contributed by atoms with van der Waals surface area (Å²) in [5.74, 6) is -3.14. The highest BCUT2D eigenvalue weighted by Gasteiger charge is 2.26. The Morgan fingerprint density at radius 3 is 1.64 bits per heavy atom. The third-order valence-corrected chi connectivity index (χ3v) is 4.17. The Balaban J connectivity index is 2.61. The number of rotatable bonds is 6. The van der Waals surface area contributed by atoms with Crippen LogP contribution in [0.3, 0.4) is 0 Å². The highest BCUT2D eigenvalue weighted by Crippen LogP contribution is 2.26. The molecule has 2 aromatic heterocycles. The van der Waals surface area contributed by atoms with E-state index in [4.69, 9.17) is 0 Å². The number of ketones is 2. The van der Waals surface area contributed by atoms with Crippen molar-refractivity contribution in [3.05, 3.63) is 45.0 Å². The molecule has 0 fully saturated rings. The Morgan fingerprint density at radius 2 is 1.24 bits per heavy atom. The van der Waals surface area contributed by atoms with Crippen LogP contribution in [0.4, 0.5) is 0 Å². The zero-order valence-electron chi connectivity index (χ0n) is 14.2. The molecule has 8 nitrogen and oxygen atoms in total. The molecule has 8 heteroatoms. The summed E-state index contributed by atoms with van der Waals surface area (Å²) in [6.07, 6.45) is 0.0719. The first-order chi connectivity index (χ1) is 11.6. The molecule has 2 rings (SSSR count). The highest BCUT2D eigenvalue weighted by molar-refractivity contribution is 6.05. The molecular formula is C17H18N2O6. The molecule has 0 aliphatic rings. The molecule has 4 N–H and O–H groups in total. The number of Topliss-reactive ketones (excluding diaryl/α,β-unsaturated/α-hetero) is 2. The van der Waals surface area contributed by atoms with Crippen LogP contribution in [0, 0.1) is 13.8 Å². The number of carbonyl (C=O) groups is 4. The van der Waals surface area contributed by atoms with Crippen LogP contribution < -0.4 is 0 Å². The summed E-state index contributed by atoms with van der Waals surface area (Å²) >= 11 is 0. The van der Waals surface area contributed by atoms with Crippen LogP contribution >= 0.6 is 0 Å². The minimum absolute atomic E-state index is 0.0719. The lowest BCUT2D eigenvalue weighted by Crippen LogP contribution is -2.05. The number of H-pyrrole nitrogens is 2. The molecule has 0 spiro atoms. The van der Waals surface area contributed by atoms with Crippen molar-refractivity contribution in [3.8, 4) is 0 Å². The number of nitrogens with one attached hydrogen (secondary N) is 2. The average molecular weight is 346 g/mol. The summed E-state index contributed by atoms with van der Waals surface area (Å²) in [4.78, 5) is 51.7. The molecule has 0 saturated carbocycles.